The average Bonchev–Trinajstić information content (AvgIpc) is 2.81. The molecule has 1 aromatic rings. The van der Waals surface area contributed by atoms with E-state index >= 15 is 0 Å². The lowest BCUT2D eigenvalue weighted by Crippen LogP contribution is -2.14. The maximum absolute atomic E-state index is 11.0. The Morgan fingerprint density at radius 1 is 1.55 bits per heavy atom. The van der Waals surface area contributed by atoms with Crippen LogP contribution in [-0.4, -0.2) is 38.7 Å². The molecule has 8 heteroatoms. The monoisotopic (exact) mass is 281 g/mol. The van der Waals surface area contributed by atoms with Crippen molar-refractivity contribution in [3.63, 3.8) is 0 Å². The van der Waals surface area contributed by atoms with E-state index in [0.29, 0.717) is 18.9 Å². The number of aromatic carboxylic acids is 1. The number of hydrogen-bond acceptors (Lipinski definition) is 6. The van der Waals surface area contributed by atoms with Crippen LogP contribution >= 0.6 is 0 Å². The summed E-state index contributed by atoms with van der Waals surface area (Å²) >= 11 is 0. The lowest BCUT2D eigenvalue weighted by molar-refractivity contribution is -0.385. The van der Waals surface area contributed by atoms with Gasteiger partial charge in [0.1, 0.15) is 17.6 Å². The highest BCUT2D eigenvalue weighted by molar-refractivity contribution is 5.93. The van der Waals surface area contributed by atoms with Crippen LogP contribution in [0, 0.1) is 16.0 Å². The number of rotatable bonds is 5. The number of nitro groups is 1. The van der Waals surface area contributed by atoms with Crippen molar-refractivity contribution in [2.45, 2.75) is 25.4 Å². The number of nitrogens with zero attached hydrogens (tertiary/aromatic N) is 2. The van der Waals surface area contributed by atoms with Crippen molar-refractivity contribution in [2.75, 3.05) is 11.9 Å². The summed E-state index contributed by atoms with van der Waals surface area (Å²) in [5.74, 6) is -0.775. The second-order valence-electron chi connectivity index (χ2n) is 4.86. The molecule has 1 fully saturated rings. The van der Waals surface area contributed by atoms with Crippen molar-refractivity contribution >= 4 is 17.5 Å². The molecule has 0 spiro atoms. The first-order valence-electron chi connectivity index (χ1n) is 6.27. The molecule has 108 valence electrons. The normalized spacial score (nSPS) is 21.6. The second-order valence-corrected chi connectivity index (χ2v) is 4.86. The van der Waals surface area contributed by atoms with Crippen LogP contribution in [0.15, 0.2) is 12.3 Å². The Morgan fingerprint density at radius 2 is 2.30 bits per heavy atom. The zero-order chi connectivity index (χ0) is 14.7. The Hall–Kier alpha value is -2.22. The van der Waals surface area contributed by atoms with Crippen LogP contribution in [-0.2, 0) is 0 Å². The second kappa shape index (κ2) is 5.83. The lowest BCUT2D eigenvalue weighted by Gasteiger charge is -2.11. The molecule has 0 aromatic carbocycles. The number of carboxylic acids is 1. The van der Waals surface area contributed by atoms with Gasteiger partial charge in [-0.25, -0.2) is 9.78 Å². The summed E-state index contributed by atoms with van der Waals surface area (Å²) in [6, 6.07) is 1.16. The van der Waals surface area contributed by atoms with Crippen molar-refractivity contribution in [1.29, 1.82) is 0 Å². The molecule has 1 saturated carbocycles. The standard InChI is InChI=1S/C12H15N3O5/c16-8-2-1-7(3-8)5-13-11-4-9(12(17)18)10(6-14-11)15(19)20/h4,6-8,16H,1-3,5H2,(H,13,14)(H,17,18). The Kier molecular flexibility index (Phi) is 4.14. The third-order valence-electron chi connectivity index (χ3n) is 3.40. The molecular weight excluding hydrogens is 266 g/mol. The van der Waals surface area contributed by atoms with Gasteiger partial charge in [0.25, 0.3) is 0 Å². The van der Waals surface area contributed by atoms with Crippen LogP contribution in [0.5, 0.6) is 0 Å². The minimum atomic E-state index is -1.36. The number of nitrogens with one attached hydrogen (secondary N) is 1. The van der Waals surface area contributed by atoms with Gasteiger partial charge in [0, 0.05) is 12.6 Å². The van der Waals surface area contributed by atoms with E-state index in [-0.39, 0.29) is 17.5 Å². The van der Waals surface area contributed by atoms with Gasteiger partial charge in [-0.2, -0.15) is 0 Å². The smallest absolute Gasteiger partial charge is 0.342 e. The zero-order valence-corrected chi connectivity index (χ0v) is 10.7. The molecule has 0 radical (unpaired) electrons. The lowest BCUT2D eigenvalue weighted by atomic mass is 10.1. The van der Waals surface area contributed by atoms with Gasteiger partial charge in [-0.1, -0.05) is 0 Å². The molecule has 1 aliphatic carbocycles. The number of hydrogen-bond donors (Lipinski definition) is 3. The van der Waals surface area contributed by atoms with Gasteiger partial charge in [0.2, 0.25) is 0 Å². The molecule has 0 aliphatic heterocycles. The first-order chi connectivity index (χ1) is 9.47. The van der Waals surface area contributed by atoms with Crippen molar-refractivity contribution in [2.24, 2.45) is 5.92 Å². The Balaban J connectivity index is 2.07. The maximum atomic E-state index is 11.0. The van der Waals surface area contributed by atoms with Gasteiger partial charge in [-0.05, 0) is 25.2 Å². The summed E-state index contributed by atoms with van der Waals surface area (Å²) in [7, 11) is 0. The van der Waals surface area contributed by atoms with E-state index < -0.39 is 16.6 Å². The molecule has 1 aromatic heterocycles. The molecule has 1 aliphatic rings. The van der Waals surface area contributed by atoms with E-state index in [4.69, 9.17) is 5.11 Å². The number of carboxylic acid groups (broad SMARTS) is 1. The van der Waals surface area contributed by atoms with E-state index in [9.17, 15) is 20.0 Å². The van der Waals surface area contributed by atoms with Gasteiger partial charge < -0.3 is 15.5 Å². The molecule has 3 N–H and O–H groups in total. The molecule has 2 unspecified atom stereocenters. The molecule has 0 amide bonds. The van der Waals surface area contributed by atoms with Crippen LogP contribution < -0.4 is 5.32 Å². The fourth-order valence-electron chi connectivity index (χ4n) is 2.34. The molecule has 2 rings (SSSR count). The topological polar surface area (TPSA) is 126 Å². The van der Waals surface area contributed by atoms with Gasteiger partial charge in [-0.15, -0.1) is 0 Å². The average molecular weight is 281 g/mol. The third kappa shape index (κ3) is 3.21. The Bertz CT molecular complexity index is 534. The fraction of sp³-hybridized carbons (Fsp3) is 0.500. The van der Waals surface area contributed by atoms with Crippen molar-refractivity contribution < 1.29 is 19.9 Å². The number of aliphatic hydroxyl groups excluding tert-OH is 1. The molecule has 0 bridgehead atoms. The molecule has 8 nitrogen and oxygen atoms in total. The van der Waals surface area contributed by atoms with Crippen LogP contribution in [0.25, 0.3) is 0 Å². The number of pyridine rings is 1. The highest BCUT2D eigenvalue weighted by atomic mass is 16.6. The summed E-state index contributed by atoms with van der Waals surface area (Å²) in [6.07, 6.45) is 3.02. The molecule has 1 heterocycles. The highest BCUT2D eigenvalue weighted by Gasteiger charge is 2.24. The van der Waals surface area contributed by atoms with Gasteiger partial charge >= 0.3 is 11.7 Å². The van der Waals surface area contributed by atoms with Crippen molar-refractivity contribution in [3.8, 4) is 0 Å². The quantitative estimate of drug-likeness (QED) is 0.547. The van der Waals surface area contributed by atoms with Crippen LogP contribution in [0.2, 0.25) is 0 Å². The molecule has 20 heavy (non-hydrogen) atoms. The van der Waals surface area contributed by atoms with E-state index in [2.05, 4.69) is 10.3 Å². The minimum Gasteiger partial charge on any atom is -0.477 e. The maximum Gasteiger partial charge on any atom is 0.342 e. The van der Waals surface area contributed by atoms with Crippen LogP contribution in [0.3, 0.4) is 0 Å². The minimum absolute atomic E-state index is 0.277. The van der Waals surface area contributed by atoms with E-state index in [0.717, 1.165) is 25.1 Å². The van der Waals surface area contributed by atoms with Crippen molar-refractivity contribution in [1.82, 2.24) is 4.98 Å². The first kappa shape index (κ1) is 14.2. The largest absolute Gasteiger partial charge is 0.477 e. The molecular formula is C12H15N3O5. The summed E-state index contributed by atoms with van der Waals surface area (Å²) in [4.78, 5) is 24.8. The molecule has 2 atom stereocenters. The van der Waals surface area contributed by atoms with E-state index in [1.54, 1.807) is 0 Å². The summed E-state index contributed by atoms with van der Waals surface area (Å²) in [5.41, 5.74) is -0.918. The predicted octanol–water partition coefficient (Wildman–Crippen LogP) is 1.26. The van der Waals surface area contributed by atoms with Crippen LogP contribution in [0.1, 0.15) is 29.6 Å². The third-order valence-corrected chi connectivity index (χ3v) is 3.40. The first-order valence-corrected chi connectivity index (χ1v) is 6.27. The summed E-state index contributed by atoms with van der Waals surface area (Å²) in [6.45, 7) is 0.556. The fourth-order valence-corrected chi connectivity index (χ4v) is 2.34. The van der Waals surface area contributed by atoms with E-state index in [1.807, 2.05) is 0 Å². The number of aliphatic hydroxyl groups is 1. The predicted molar refractivity (Wildman–Crippen MR) is 69.7 cm³/mol. The SMILES string of the molecule is O=C(O)c1cc(NCC2CCC(O)C2)ncc1[N+](=O)[O-]. The van der Waals surface area contributed by atoms with Gasteiger partial charge in [0.15, 0.2) is 0 Å². The van der Waals surface area contributed by atoms with Crippen molar-refractivity contribution in [3.05, 3.63) is 27.9 Å². The number of anilines is 1. The van der Waals surface area contributed by atoms with E-state index in [1.165, 1.54) is 0 Å². The zero-order valence-electron chi connectivity index (χ0n) is 10.7. The Morgan fingerprint density at radius 3 is 2.85 bits per heavy atom. The summed E-state index contributed by atoms with van der Waals surface area (Å²) < 4.78 is 0. The van der Waals surface area contributed by atoms with Crippen LogP contribution in [0.4, 0.5) is 11.5 Å². The highest BCUT2D eigenvalue weighted by Crippen LogP contribution is 2.26. The Labute approximate surface area is 114 Å². The molecule has 0 saturated heterocycles. The number of aromatic nitrogens is 1. The number of carbonyl (C=O) groups is 1. The van der Waals surface area contributed by atoms with Gasteiger partial charge in [0.05, 0.1) is 11.0 Å². The summed E-state index contributed by atoms with van der Waals surface area (Å²) in [5, 5.41) is 32.0. The van der Waals surface area contributed by atoms with Gasteiger partial charge in [-0.3, -0.25) is 10.1 Å².